The van der Waals surface area contributed by atoms with Gasteiger partial charge in [0.25, 0.3) is 0 Å². The number of aromatic nitrogens is 1. The van der Waals surface area contributed by atoms with E-state index in [4.69, 9.17) is 23.2 Å². The Morgan fingerprint density at radius 3 is 2.41 bits per heavy atom. The van der Waals surface area contributed by atoms with Gasteiger partial charge in [0.15, 0.2) is 0 Å². The summed E-state index contributed by atoms with van der Waals surface area (Å²) in [6, 6.07) is 21.8. The van der Waals surface area contributed by atoms with Crippen LogP contribution in [0.1, 0.15) is 23.7 Å². The van der Waals surface area contributed by atoms with Gasteiger partial charge in [0.2, 0.25) is 5.91 Å². The number of alkyl halides is 1. The minimum absolute atomic E-state index is 0.0778. The molecule has 0 aliphatic carbocycles. The third-order valence-electron chi connectivity index (χ3n) is 4.44. The second kappa shape index (κ2) is 9.12. The second-order valence-electron chi connectivity index (χ2n) is 6.51. The van der Waals surface area contributed by atoms with Gasteiger partial charge in [-0.3, -0.25) is 4.79 Å². The van der Waals surface area contributed by atoms with Gasteiger partial charge in [0.05, 0.1) is 6.54 Å². The second-order valence-corrected chi connectivity index (χ2v) is 7.58. The predicted molar refractivity (Wildman–Crippen MR) is 111 cm³/mol. The minimum Gasteiger partial charge on any atom is -0.345 e. The zero-order chi connectivity index (χ0) is 19.2. The number of rotatable bonds is 7. The number of benzene rings is 2. The summed E-state index contributed by atoms with van der Waals surface area (Å²) in [5.41, 5.74) is 3.16. The standard InChI is InChI=1S/C22H22Cl2N2O/c1-17(23)22(27)26(14-18-8-3-2-4-9-18)16-20-11-7-13-25(20)15-19-10-5-6-12-21(19)24/h2-13,17H,14-16H2,1H3. The largest absolute Gasteiger partial charge is 0.345 e. The van der Waals surface area contributed by atoms with Crippen LogP contribution in [0.3, 0.4) is 0 Å². The zero-order valence-electron chi connectivity index (χ0n) is 15.2. The summed E-state index contributed by atoms with van der Waals surface area (Å²) in [6.07, 6.45) is 2.01. The quantitative estimate of drug-likeness (QED) is 0.490. The number of hydrogen-bond acceptors (Lipinski definition) is 1. The first-order chi connectivity index (χ1) is 13.0. The Morgan fingerprint density at radius 2 is 1.70 bits per heavy atom. The van der Waals surface area contributed by atoms with Crippen molar-refractivity contribution in [2.24, 2.45) is 0 Å². The van der Waals surface area contributed by atoms with Crippen molar-refractivity contribution in [2.75, 3.05) is 0 Å². The fourth-order valence-corrected chi connectivity index (χ4v) is 3.35. The van der Waals surface area contributed by atoms with Crippen molar-refractivity contribution in [1.29, 1.82) is 0 Å². The van der Waals surface area contributed by atoms with Gasteiger partial charge in [-0.15, -0.1) is 11.6 Å². The van der Waals surface area contributed by atoms with Gasteiger partial charge in [-0.05, 0) is 36.2 Å². The van der Waals surface area contributed by atoms with Crippen LogP contribution in [0.2, 0.25) is 5.02 Å². The number of hydrogen-bond donors (Lipinski definition) is 0. The number of amides is 1. The first-order valence-corrected chi connectivity index (χ1v) is 9.70. The molecule has 2 aromatic carbocycles. The molecule has 1 atom stereocenters. The lowest BCUT2D eigenvalue weighted by atomic mass is 10.2. The van der Waals surface area contributed by atoms with Crippen LogP contribution in [0.25, 0.3) is 0 Å². The molecule has 0 saturated carbocycles. The molecule has 0 aliphatic heterocycles. The van der Waals surface area contributed by atoms with E-state index < -0.39 is 5.38 Å². The Balaban J connectivity index is 1.81. The molecule has 1 unspecified atom stereocenters. The lowest BCUT2D eigenvalue weighted by Gasteiger charge is -2.25. The van der Waals surface area contributed by atoms with E-state index in [0.29, 0.717) is 19.6 Å². The molecular weight excluding hydrogens is 379 g/mol. The SMILES string of the molecule is CC(Cl)C(=O)N(Cc1ccccc1)Cc1cccn1Cc1ccccc1Cl. The van der Waals surface area contributed by atoms with E-state index in [0.717, 1.165) is 21.8 Å². The number of carbonyl (C=O) groups excluding carboxylic acids is 1. The van der Waals surface area contributed by atoms with Crippen molar-refractivity contribution in [2.45, 2.75) is 31.9 Å². The van der Waals surface area contributed by atoms with Crippen LogP contribution in [0.4, 0.5) is 0 Å². The Hall–Kier alpha value is -2.23. The molecule has 1 aromatic heterocycles. The monoisotopic (exact) mass is 400 g/mol. The van der Waals surface area contributed by atoms with Crippen LogP contribution in [-0.4, -0.2) is 20.8 Å². The molecule has 1 amide bonds. The molecule has 27 heavy (non-hydrogen) atoms. The van der Waals surface area contributed by atoms with E-state index in [2.05, 4.69) is 4.57 Å². The van der Waals surface area contributed by atoms with Gasteiger partial charge in [0.1, 0.15) is 5.38 Å². The number of halogens is 2. The molecular formula is C22H22Cl2N2O. The van der Waals surface area contributed by atoms with Gasteiger partial charge < -0.3 is 9.47 Å². The lowest BCUT2D eigenvalue weighted by molar-refractivity contribution is -0.131. The molecule has 0 fully saturated rings. The van der Waals surface area contributed by atoms with Crippen molar-refractivity contribution in [3.8, 4) is 0 Å². The molecule has 0 aliphatic rings. The van der Waals surface area contributed by atoms with Gasteiger partial charge in [-0.2, -0.15) is 0 Å². The summed E-state index contributed by atoms with van der Waals surface area (Å²) >= 11 is 12.4. The maximum atomic E-state index is 12.7. The summed E-state index contributed by atoms with van der Waals surface area (Å²) in [4.78, 5) is 14.5. The van der Waals surface area contributed by atoms with E-state index in [1.807, 2.05) is 72.9 Å². The highest BCUT2D eigenvalue weighted by Gasteiger charge is 2.20. The third kappa shape index (κ3) is 5.15. The molecule has 140 valence electrons. The van der Waals surface area contributed by atoms with Crippen molar-refractivity contribution < 1.29 is 4.79 Å². The molecule has 3 aromatic rings. The molecule has 3 rings (SSSR count). The topological polar surface area (TPSA) is 25.2 Å². The molecule has 5 heteroatoms. The summed E-state index contributed by atoms with van der Waals surface area (Å²) in [6.45, 7) is 3.38. The summed E-state index contributed by atoms with van der Waals surface area (Å²) in [5, 5.41) is 0.171. The smallest absolute Gasteiger partial charge is 0.240 e. The van der Waals surface area contributed by atoms with Crippen LogP contribution in [0.15, 0.2) is 72.9 Å². The molecule has 0 saturated heterocycles. The van der Waals surface area contributed by atoms with E-state index in [1.54, 1.807) is 11.8 Å². The Bertz CT molecular complexity index is 890. The Morgan fingerprint density at radius 1 is 1.00 bits per heavy atom. The van der Waals surface area contributed by atoms with Crippen LogP contribution in [0, 0.1) is 0 Å². The lowest BCUT2D eigenvalue weighted by Crippen LogP contribution is -2.35. The molecule has 0 bridgehead atoms. The van der Waals surface area contributed by atoms with E-state index in [-0.39, 0.29) is 5.91 Å². The summed E-state index contributed by atoms with van der Waals surface area (Å²) < 4.78 is 2.12. The highest BCUT2D eigenvalue weighted by molar-refractivity contribution is 6.31. The molecule has 1 heterocycles. The predicted octanol–water partition coefficient (Wildman–Crippen LogP) is 5.35. The maximum absolute atomic E-state index is 12.7. The van der Waals surface area contributed by atoms with Gasteiger partial charge in [-0.1, -0.05) is 60.1 Å². The fraction of sp³-hybridized carbons (Fsp3) is 0.227. The van der Waals surface area contributed by atoms with Crippen molar-refractivity contribution >= 4 is 29.1 Å². The summed E-state index contributed by atoms with van der Waals surface area (Å²) in [5.74, 6) is -0.0778. The molecule has 0 radical (unpaired) electrons. The van der Waals surface area contributed by atoms with Gasteiger partial charge in [0, 0.05) is 30.0 Å². The molecule has 0 N–H and O–H groups in total. The minimum atomic E-state index is -0.569. The highest BCUT2D eigenvalue weighted by atomic mass is 35.5. The highest BCUT2D eigenvalue weighted by Crippen LogP contribution is 2.19. The van der Waals surface area contributed by atoms with E-state index >= 15 is 0 Å². The zero-order valence-corrected chi connectivity index (χ0v) is 16.7. The fourth-order valence-electron chi connectivity index (χ4n) is 3.02. The van der Waals surface area contributed by atoms with Crippen molar-refractivity contribution in [3.05, 3.63) is 94.8 Å². The molecule has 3 nitrogen and oxygen atoms in total. The van der Waals surface area contributed by atoms with E-state index in [9.17, 15) is 4.79 Å². The normalized spacial score (nSPS) is 12.0. The third-order valence-corrected chi connectivity index (χ3v) is 5.00. The van der Waals surface area contributed by atoms with Crippen LogP contribution in [-0.2, 0) is 24.4 Å². The van der Waals surface area contributed by atoms with Gasteiger partial charge >= 0.3 is 0 Å². The molecule has 0 spiro atoms. The summed E-state index contributed by atoms with van der Waals surface area (Å²) in [7, 11) is 0. The Labute approximate surface area is 170 Å². The van der Waals surface area contributed by atoms with Crippen LogP contribution in [0.5, 0.6) is 0 Å². The number of nitrogens with zero attached hydrogens (tertiary/aromatic N) is 2. The first kappa shape index (κ1) is 19.5. The average molecular weight is 401 g/mol. The van der Waals surface area contributed by atoms with E-state index in [1.165, 1.54) is 0 Å². The maximum Gasteiger partial charge on any atom is 0.240 e. The van der Waals surface area contributed by atoms with Crippen molar-refractivity contribution in [3.63, 3.8) is 0 Å². The van der Waals surface area contributed by atoms with Crippen molar-refractivity contribution in [1.82, 2.24) is 9.47 Å². The number of carbonyl (C=O) groups is 1. The van der Waals surface area contributed by atoms with Crippen LogP contribution >= 0.6 is 23.2 Å². The van der Waals surface area contributed by atoms with Crippen LogP contribution < -0.4 is 0 Å². The van der Waals surface area contributed by atoms with Gasteiger partial charge in [-0.25, -0.2) is 0 Å². The first-order valence-electron chi connectivity index (χ1n) is 8.89. The Kier molecular flexibility index (Phi) is 6.59. The average Bonchev–Trinajstić information content (AvgIpc) is 3.10.